The zero-order valence-electron chi connectivity index (χ0n) is 14.9. The van der Waals surface area contributed by atoms with Crippen molar-refractivity contribution in [3.05, 3.63) is 65.5 Å². The number of ether oxygens (including phenoxy) is 1. The number of halogens is 4. The number of alkyl halides is 3. The van der Waals surface area contributed by atoms with E-state index in [2.05, 4.69) is 5.32 Å². The second-order valence-electron chi connectivity index (χ2n) is 6.17. The molecule has 0 aliphatic rings. The Hall–Kier alpha value is -2.77. The van der Waals surface area contributed by atoms with Crippen molar-refractivity contribution in [1.29, 1.82) is 0 Å². The summed E-state index contributed by atoms with van der Waals surface area (Å²) in [4.78, 5) is 13.5. The molecular weight excluding hydrogens is 364 g/mol. The number of hydrogen-bond acceptors (Lipinski definition) is 2. The first-order chi connectivity index (χ1) is 12.6. The van der Waals surface area contributed by atoms with Gasteiger partial charge in [-0.3, -0.25) is 0 Å². The Kier molecular flexibility index (Phi) is 6.65. The van der Waals surface area contributed by atoms with Gasteiger partial charge in [0.2, 0.25) is 0 Å². The third-order valence-electron chi connectivity index (χ3n) is 3.73. The van der Waals surface area contributed by atoms with Crippen LogP contribution in [0.15, 0.2) is 48.5 Å². The Morgan fingerprint density at radius 2 is 1.70 bits per heavy atom. The third kappa shape index (κ3) is 6.47. The van der Waals surface area contributed by atoms with E-state index < -0.39 is 11.7 Å². The van der Waals surface area contributed by atoms with Gasteiger partial charge in [-0.25, -0.2) is 9.18 Å². The van der Waals surface area contributed by atoms with Gasteiger partial charge in [0.15, 0.2) is 0 Å². The lowest BCUT2D eigenvalue weighted by Crippen LogP contribution is -2.43. The highest BCUT2D eigenvalue weighted by molar-refractivity contribution is 5.74. The molecule has 4 nitrogen and oxygen atoms in total. The van der Waals surface area contributed by atoms with E-state index in [1.54, 1.807) is 14.0 Å². The number of urea groups is 1. The Labute approximate surface area is 154 Å². The molecule has 0 aliphatic heterocycles. The summed E-state index contributed by atoms with van der Waals surface area (Å²) < 4.78 is 56.0. The molecule has 27 heavy (non-hydrogen) atoms. The van der Waals surface area contributed by atoms with E-state index in [1.165, 1.54) is 41.3 Å². The molecule has 146 valence electrons. The van der Waals surface area contributed by atoms with Crippen LogP contribution >= 0.6 is 0 Å². The van der Waals surface area contributed by atoms with Crippen LogP contribution in [0.25, 0.3) is 0 Å². The molecule has 0 heterocycles. The predicted octanol–water partition coefficient (Wildman–Crippen LogP) is 4.45. The van der Waals surface area contributed by atoms with Gasteiger partial charge in [0, 0.05) is 13.6 Å². The summed E-state index contributed by atoms with van der Waals surface area (Å²) in [6.45, 7) is 2.09. The second-order valence-corrected chi connectivity index (χ2v) is 6.17. The Bertz CT molecular complexity index is 746. The fraction of sp³-hybridized carbons (Fsp3) is 0.316. The van der Waals surface area contributed by atoms with Crippen LogP contribution in [-0.2, 0) is 12.7 Å². The third-order valence-corrected chi connectivity index (χ3v) is 3.73. The lowest BCUT2D eigenvalue weighted by molar-refractivity contribution is -0.137. The van der Waals surface area contributed by atoms with E-state index >= 15 is 0 Å². The molecule has 0 fully saturated rings. The minimum absolute atomic E-state index is 0.162. The van der Waals surface area contributed by atoms with E-state index in [0.29, 0.717) is 11.3 Å². The van der Waals surface area contributed by atoms with Crippen LogP contribution in [0.4, 0.5) is 22.4 Å². The summed E-state index contributed by atoms with van der Waals surface area (Å²) in [6, 6.07) is 9.47. The summed E-state index contributed by atoms with van der Waals surface area (Å²) in [6.07, 6.45) is -4.39. The second kappa shape index (κ2) is 8.75. The molecule has 0 aromatic heterocycles. The Balaban J connectivity index is 1.81. The largest absolute Gasteiger partial charge is 0.491 e. The van der Waals surface area contributed by atoms with Crippen molar-refractivity contribution in [1.82, 2.24) is 10.2 Å². The summed E-state index contributed by atoms with van der Waals surface area (Å²) >= 11 is 0. The zero-order chi connectivity index (χ0) is 20.0. The monoisotopic (exact) mass is 384 g/mol. The molecule has 0 bridgehead atoms. The average Bonchev–Trinajstić information content (AvgIpc) is 2.61. The fourth-order valence-electron chi connectivity index (χ4n) is 2.26. The van der Waals surface area contributed by atoms with Gasteiger partial charge >= 0.3 is 12.2 Å². The normalized spacial score (nSPS) is 12.4. The number of amides is 2. The fourth-order valence-corrected chi connectivity index (χ4v) is 2.26. The molecule has 8 heteroatoms. The summed E-state index contributed by atoms with van der Waals surface area (Å²) in [5.74, 6) is 0.115. The number of hydrogen-bond donors (Lipinski definition) is 1. The standard InChI is InChI=1S/C19H20F4N2O2/c1-13(12-27-17-9-7-16(20)8-10-17)24-18(26)25(2)11-14-3-5-15(6-4-14)19(21,22)23/h3-10,13H,11-12H2,1-2H3,(H,24,26). The van der Waals surface area contributed by atoms with E-state index in [0.717, 1.165) is 12.1 Å². The highest BCUT2D eigenvalue weighted by Gasteiger charge is 2.30. The maximum Gasteiger partial charge on any atom is 0.416 e. The zero-order valence-corrected chi connectivity index (χ0v) is 14.9. The lowest BCUT2D eigenvalue weighted by atomic mass is 10.1. The molecule has 0 aliphatic carbocycles. The molecule has 2 aromatic carbocycles. The van der Waals surface area contributed by atoms with E-state index in [9.17, 15) is 22.4 Å². The maximum absolute atomic E-state index is 12.8. The first-order valence-electron chi connectivity index (χ1n) is 8.21. The van der Waals surface area contributed by atoms with Gasteiger partial charge in [-0.2, -0.15) is 13.2 Å². The van der Waals surface area contributed by atoms with Crippen molar-refractivity contribution in [3.8, 4) is 5.75 Å². The molecule has 0 saturated heterocycles. The Morgan fingerprint density at radius 3 is 2.26 bits per heavy atom. The molecule has 2 rings (SSSR count). The molecule has 2 aromatic rings. The number of benzene rings is 2. The highest BCUT2D eigenvalue weighted by Crippen LogP contribution is 2.29. The molecule has 1 N–H and O–H groups in total. The van der Waals surface area contributed by atoms with Gasteiger partial charge in [0.1, 0.15) is 18.2 Å². The van der Waals surface area contributed by atoms with E-state index in [4.69, 9.17) is 4.74 Å². The number of carbonyl (C=O) groups excluding carboxylic acids is 1. The first-order valence-corrected chi connectivity index (χ1v) is 8.21. The van der Waals surface area contributed by atoms with Crippen LogP contribution in [0, 0.1) is 5.82 Å². The van der Waals surface area contributed by atoms with Crippen LogP contribution in [0.2, 0.25) is 0 Å². The van der Waals surface area contributed by atoms with Gasteiger partial charge in [-0.15, -0.1) is 0 Å². The highest BCUT2D eigenvalue weighted by atomic mass is 19.4. The lowest BCUT2D eigenvalue weighted by Gasteiger charge is -2.22. The smallest absolute Gasteiger partial charge is 0.416 e. The van der Waals surface area contributed by atoms with Crippen molar-refractivity contribution in [2.24, 2.45) is 0 Å². The number of carbonyl (C=O) groups is 1. The number of nitrogens with zero attached hydrogens (tertiary/aromatic N) is 1. The number of rotatable bonds is 6. The molecule has 0 radical (unpaired) electrons. The average molecular weight is 384 g/mol. The van der Waals surface area contributed by atoms with Crippen LogP contribution in [0.5, 0.6) is 5.75 Å². The van der Waals surface area contributed by atoms with E-state index in [1.807, 2.05) is 0 Å². The van der Waals surface area contributed by atoms with Gasteiger partial charge in [-0.1, -0.05) is 12.1 Å². The molecular formula is C19H20F4N2O2. The molecule has 0 spiro atoms. The predicted molar refractivity (Wildman–Crippen MR) is 92.8 cm³/mol. The van der Waals surface area contributed by atoms with E-state index in [-0.39, 0.29) is 31.0 Å². The van der Waals surface area contributed by atoms with Crippen molar-refractivity contribution in [2.75, 3.05) is 13.7 Å². The van der Waals surface area contributed by atoms with Crippen molar-refractivity contribution < 1.29 is 27.1 Å². The summed E-state index contributed by atoms with van der Waals surface area (Å²) in [5.41, 5.74) is -0.152. The van der Waals surface area contributed by atoms with Crippen LogP contribution in [0.1, 0.15) is 18.1 Å². The topological polar surface area (TPSA) is 41.6 Å². The van der Waals surface area contributed by atoms with Gasteiger partial charge in [-0.05, 0) is 48.9 Å². The quantitative estimate of drug-likeness (QED) is 0.748. The molecule has 2 amide bonds. The van der Waals surface area contributed by atoms with Crippen molar-refractivity contribution in [2.45, 2.75) is 25.7 Å². The minimum Gasteiger partial charge on any atom is -0.491 e. The van der Waals surface area contributed by atoms with Crippen LogP contribution in [0.3, 0.4) is 0 Å². The van der Waals surface area contributed by atoms with Gasteiger partial charge in [0.25, 0.3) is 0 Å². The molecule has 1 atom stereocenters. The first kappa shape index (κ1) is 20.5. The van der Waals surface area contributed by atoms with Crippen molar-refractivity contribution >= 4 is 6.03 Å². The summed E-state index contributed by atoms with van der Waals surface area (Å²) in [5, 5.41) is 2.73. The summed E-state index contributed by atoms with van der Waals surface area (Å²) in [7, 11) is 1.54. The molecule has 0 saturated carbocycles. The minimum atomic E-state index is -4.39. The van der Waals surface area contributed by atoms with Crippen LogP contribution < -0.4 is 10.1 Å². The molecule has 1 unspecified atom stereocenters. The SMILES string of the molecule is CC(COc1ccc(F)cc1)NC(=O)N(C)Cc1ccc(C(F)(F)F)cc1. The number of nitrogens with one attached hydrogen (secondary N) is 1. The van der Waals surface area contributed by atoms with Gasteiger partial charge in [0.05, 0.1) is 11.6 Å². The van der Waals surface area contributed by atoms with Crippen LogP contribution in [-0.4, -0.2) is 30.6 Å². The maximum atomic E-state index is 12.8. The van der Waals surface area contributed by atoms with Crippen molar-refractivity contribution in [3.63, 3.8) is 0 Å². The Morgan fingerprint density at radius 1 is 1.11 bits per heavy atom. The van der Waals surface area contributed by atoms with Gasteiger partial charge < -0.3 is 15.0 Å².